The number of alkyl halides is 6. The number of aliphatic carboxylic acids is 1. The normalized spacial score (nSPS) is 16.1. The highest BCUT2D eigenvalue weighted by Gasteiger charge is 2.38. The molecule has 0 atom stereocenters. The van der Waals surface area contributed by atoms with Crippen LogP contribution in [0.5, 0.6) is 5.75 Å². The van der Waals surface area contributed by atoms with Crippen LogP contribution in [0, 0.1) is 0 Å². The van der Waals surface area contributed by atoms with Gasteiger partial charge in [0.05, 0.1) is 0 Å². The van der Waals surface area contributed by atoms with E-state index in [1.165, 1.54) is 12.1 Å². The lowest BCUT2D eigenvalue weighted by molar-refractivity contribution is -0.274. The number of halogens is 6. The first kappa shape index (κ1) is 20.1. The molecule has 0 spiro atoms. The number of benzene rings is 1. The molecule has 2 N–H and O–H groups in total. The first-order valence-electron chi connectivity index (χ1n) is 6.85. The molecular formula is C14H15F6NO3. The summed E-state index contributed by atoms with van der Waals surface area (Å²) < 4.78 is 71.5. The standard InChI is InChI=1S/C12H14F3NO.C2HF3O2/c13-12(14,15)17-11-3-1-9(2-4-11)10-5-7-16-8-6-10;3-2(4,5)1(6)7/h1-4,10,16H,5-8H2;(H,6,7). The van der Waals surface area contributed by atoms with Gasteiger partial charge >= 0.3 is 18.5 Å². The second kappa shape index (κ2) is 8.22. The van der Waals surface area contributed by atoms with Crippen molar-refractivity contribution in [2.24, 2.45) is 0 Å². The molecule has 0 unspecified atom stereocenters. The maximum absolute atomic E-state index is 12.0. The van der Waals surface area contributed by atoms with Crippen LogP contribution in [0.3, 0.4) is 0 Å². The van der Waals surface area contributed by atoms with Crippen molar-refractivity contribution in [3.63, 3.8) is 0 Å². The van der Waals surface area contributed by atoms with Crippen molar-refractivity contribution in [1.82, 2.24) is 5.32 Å². The molecular weight excluding hydrogens is 344 g/mol. The fourth-order valence-electron chi connectivity index (χ4n) is 2.10. The Morgan fingerprint density at radius 1 is 1.04 bits per heavy atom. The maximum atomic E-state index is 12.0. The molecule has 24 heavy (non-hydrogen) atoms. The Bertz CT molecular complexity index is 521. The minimum Gasteiger partial charge on any atom is -0.475 e. The number of carboxylic acid groups (broad SMARTS) is 1. The summed E-state index contributed by atoms with van der Waals surface area (Å²) in [4.78, 5) is 8.90. The Hall–Kier alpha value is -1.97. The van der Waals surface area contributed by atoms with Gasteiger partial charge < -0.3 is 15.2 Å². The molecule has 0 aromatic heterocycles. The van der Waals surface area contributed by atoms with Crippen molar-refractivity contribution in [3.05, 3.63) is 29.8 Å². The van der Waals surface area contributed by atoms with E-state index in [2.05, 4.69) is 10.1 Å². The van der Waals surface area contributed by atoms with Crippen molar-refractivity contribution in [1.29, 1.82) is 0 Å². The molecule has 0 aliphatic carbocycles. The third-order valence-electron chi connectivity index (χ3n) is 3.17. The first-order chi connectivity index (χ1) is 11.0. The summed E-state index contributed by atoms with van der Waals surface area (Å²) in [5.74, 6) is -2.47. The number of nitrogens with one attached hydrogen (secondary N) is 1. The van der Waals surface area contributed by atoms with Gasteiger partial charge in [0.2, 0.25) is 0 Å². The van der Waals surface area contributed by atoms with Gasteiger partial charge in [0.1, 0.15) is 5.75 Å². The average Bonchev–Trinajstić information content (AvgIpc) is 2.47. The van der Waals surface area contributed by atoms with Crippen LogP contribution < -0.4 is 10.1 Å². The Morgan fingerprint density at radius 3 is 1.88 bits per heavy atom. The Labute approximate surface area is 133 Å². The van der Waals surface area contributed by atoms with E-state index in [9.17, 15) is 26.3 Å². The van der Waals surface area contributed by atoms with Crippen molar-refractivity contribution < 1.29 is 41.0 Å². The Morgan fingerprint density at radius 2 is 1.50 bits per heavy atom. The van der Waals surface area contributed by atoms with Crippen molar-refractivity contribution in [3.8, 4) is 5.75 Å². The van der Waals surface area contributed by atoms with Gasteiger partial charge in [0.25, 0.3) is 0 Å². The van der Waals surface area contributed by atoms with Gasteiger partial charge in [-0.3, -0.25) is 0 Å². The quantitative estimate of drug-likeness (QED) is 0.791. The molecule has 1 aromatic carbocycles. The molecule has 1 saturated heterocycles. The Balaban J connectivity index is 0.000000351. The molecule has 1 aromatic rings. The number of hydrogen-bond donors (Lipinski definition) is 2. The molecule has 136 valence electrons. The number of hydrogen-bond acceptors (Lipinski definition) is 3. The minimum atomic E-state index is -5.08. The van der Waals surface area contributed by atoms with Crippen LogP contribution in [0.1, 0.15) is 24.3 Å². The van der Waals surface area contributed by atoms with Crippen LogP contribution >= 0.6 is 0 Å². The molecule has 0 saturated carbocycles. The van der Waals surface area contributed by atoms with E-state index >= 15 is 0 Å². The van der Waals surface area contributed by atoms with Gasteiger partial charge in [-0.2, -0.15) is 13.2 Å². The van der Waals surface area contributed by atoms with E-state index in [1.54, 1.807) is 12.1 Å². The summed E-state index contributed by atoms with van der Waals surface area (Å²) >= 11 is 0. The van der Waals surface area contributed by atoms with E-state index in [-0.39, 0.29) is 5.75 Å². The predicted molar refractivity (Wildman–Crippen MR) is 71.7 cm³/mol. The zero-order valence-corrected chi connectivity index (χ0v) is 12.2. The number of rotatable bonds is 2. The summed E-state index contributed by atoms with van der Waals surface area (Å²) in [7, 11) is 0. The fourth-order valence-corrected chi connectivity index (χ4v) is 2.10. The lowest BCUT2D eigenvalue weighted by Gasteiger charge is -2.23. The second-order valence-electron chi connectivity index (χ2n) is 4.94. The highest BCUT2D eigenvalue weighted by molar-refractivity contribution is 5.73. The van der Waals surface area contributed by atoms with Gasteiger partial charge in [-0.15, -0.1) is 13.2 Å². The summed E-state index contributed by atoms with van der Waals surface area (Å²) in [5, 5.41) is 10.4. The highest BCUT2D eigenvalue weighted by Crippen LogP contribution is 2.28. The van der Waals surface area contributed by atoms with Crippen molar-refractivity contribution in [2.75, 3.05) is 13.1 Å². The zero-order valence-electron chi connectivity index (χ0n) is 12.2. The largest absolute Gasteiger partial charge is 0.573 e. The SMILES string of the molecule is FC(F)(F)Oc1ccc(C2CCNCC2)cc1.O=C(O)C(F)(F)F. The molecule has 0 radical (unpaired) electrons. The smallest absolute Gasteiger partial charge is 0.475 e. The van der Waals surface area contributed by atoms with Gasteiger partial charge in [-0.25, -0.2) is 4.79 Å². The first-order valence-corrected chi connectivity index (χ1v) is 6.85. The number of carbonyl (C=O) groups is 1. The number of carboxylic acids is 1. The molecule has 10 heteroatoms. The fraction of sp³-hybridized carbons (Fsp3) is 0.500. The van der Waals surface area contributed by atoms with Gasteiger partial charge in [0, 0.05) is 0 Å². The number of piperidine rings is 1. The summed E-state index contributed by atoms with van der Waals surface area (Å²) in [6, 6.07) is 6.20. The number of ether oxygens (including phenoxy) is 1. The van der Waals surface area contributed by atoms with Crippen LogP contribution in [0.4, 0.5) is 26.3 Å². The third-order valence-corrected chi connectivity index (χ3v) is 3.17. The molecule has 1 aliphatic heterocycles. The highest BCUT2D eigenvalue weighted by atomic mass is 19.4. The van der Waals surface area contributed by atoms with Crippen LogP contribution in [0.15, 0.2) is 24.3 Å². The van der Waals surface area contributed by atoms with E-state index in [0.29, 0.717) is 5.92 Å². The Kier molecular flexibility index (Phi) is 6.88. The monoisotopic (exact) mass is 359 g/mol. The molecule has 4 nitrogen and oxygen atoms in total. The second-order valence-corrected chi connectivity index (χ2v) is 4.94. The van der Waals surface area contributed by atoms with Gasteiger partial charge in [-0.05, 0) is 49.5 Å². The van der Waals surface area contributed by atoms with Crippen LogP contribution in [-0.4, -0.2) is 36.7 Å². The molecule has 0 amide bonds. The molecule has 2 rings (SSSR count). The van der Waals surface area contributed by atoms with Crippen molar-refractivity contribution in [2.45, 2.75) is 31.3 Å². The van der Waals surface area contributed by atoms with Crippen LogP contribution in [0.25, 0.3) is 0 Å². The summed E-state index contributed by atoms with van der Waals surface area (Å²) in [5.41, 5.74) is 1.08. The van der Waals surface area contributed by atoms with E-state index in [1.807, 2.05) is 0 Å². The lowest BCUT2D eigenvalue weighted by Crippen LogP contribution is -2.26. The van der Waals surface area contributed by atoms with Gasteiger partial charge in [0.15, 0.2) is 0 Å². The average molecular weight is 359 g/mol. The molecule has 1 fully saturated rings. The lowest BCUT2D eigenvalue weighted by atomic mass is 9.90. The van der Waals surface area contributed by atoms with E-state index in [4.69, 9.17) is 9.90 Å². The van der Waals surface area contributed by atoms with E-state index < -0.39 is 18.5 Å². The van der Waals surface area contributed by atoms with E-state index in [0.717, 1.165) is 31.5 Å². The maximum Gasteiger partial charge on any atom is 0.573 e. The minimum absolute atomic E-state index is 0.157. The van der Waals surface area contributed by atoms with Crippen LogP contribution in [-0.2, 0) is 4.79 Å². The zero-order chi connectivity index (χ0) is 18.4. The predicted octanol–water partition coefficient (Wildman–Crippen LogP) is 3.69. The molecule has 1 aliphatic rings. The summed E-state index contributed by atoms with van der Waals surface area (Å²) in [6.45, 7) is 1.93. The van der Waals surface area contributed by atoms with Gasteiger partial charge in [-0.1, -0.05) is 12.1 Å². The topological polar surface area (TPSA) is 58.6 Å². The van der Waals surface area contributed by atoms with Crippen molar-refractivity contribution >= 4 is 5.97 Å². The summed E-state index contributed by atoms with van der Waals surface area (Å²) in [6.07, 6.45) is -7.64. The third kappa shape index (κ3) is 7.53. The van der Waals surface area contributed by atoms with Crippen LogP contribution in [0.2, 0.25) is 0 Å². The molecule has 0 bridgehead atoms. The molecule has 1 heterocycles.